The van der Waals surface area contributed by atoms with Crippen molar-refractivity contribution in [2.75, 3.05) is 7.11 Å². The van der Waals surface area contributed by atoms with Crippen LogP contribution in [0.2, 0.25) is 0 Å². The van der Waals surface area contributed by atoms with Gasteiger partial charge in [0.2, 0.25) is 0 Å². The molecular weight excluding hydrogens is 247 g/mol. The van der Waals surface area contributed by atoms with Gasteiger partial charge in [0.25, 0.3) is 0 Å². The Morgan fingerprint density at radius 3 is 2.53 bits per heavy atom. The maximum atomic E-state index is 13.2. The zero-order valence-electron chi connectivity index (χ0n) is 10.6. The Morgan fingerprint density at radius 2 is 1.84 bits per heavy atom. The van der Waals surface area contributed by atoms with Crippen LogP contribution < -0.4 is 9.47 Å². The highest BCUT2D eigenvalue weighted by Gasteiger charge is 2.16. The largest absolute Gasteiger partial charge is 0.496 e. The molecule has 0 atom stereocenters. The molecule has 3 nitrogen and oxygen atoms in total. The van der Waals surface area contributed by atoms with E-state index < -0.39 is 11.8 Å². The first-order valence-electron chi connectivity index (χ1n) is 5.73. The third-order valence-electron chi connectivity index (χ3n) is 2.68. The van der Waals surface area contributed by atoms with Gasteiger partial charge in [-0.15, -0.1) is 0 Å². The van der Waals surface area contributed by atoms with Gasteiger partial charge < -0.3 is 9.47 Å². The van der Waals surface area contributed by atoms with Gasteiger partial charge in [0.15, 0.2) is 0 Å². The third-order valence-corrected chi connectivity index (χ3v) is 2.68. The van der Waals surface area contributed by atoms with E-state index in [0.717, 1.165) is 11.6 Å². The number of esters is 1. The molecule has 2 aromatic carbocycles. The van der Waals surface area contributed by atoms with Crippen LogP contribution in [-0.2, 0) is 0 Å². The zero-order chi connectivity index (χ0) is 13.8. The van der Waals surface area contributed by atoms with Gasteiger partial charge in [-0.25, -0.2) is 9.18 Å². The SMILES string of the molecule is COc1ccc(F)cc1C(=O)Oc1ccccc1C. The quantitative estimate of drug-likeness (QED) is 0.627. The van der Waals surface area contributed by atoms with Crippen LogP contribution >= 0.6 is 0 Å². The maximum Gasteiger partial charge on any atom is 0.347 e. The van der Waals surface area contributed by atoms with E-state index in [0.29, 0.717) is 5.75 Å². The fourth-order valence-corrected chi connectivity index (χ4v) is 1.67. The average Bonchev–Trinajstić information content (AvgIpc) is 2.41. The van der Waals surface area contributed by atoms with Crippen LogP contribution in [0.4, 0.5) is 4.39 Å². The maximum absolute atomic E-state index is 13.2. The first kappa shape index (κ1) is 13.1. The lowest BCUT2D eigenvalue weighted by atomic mass is 10.2. The summed E-state index contributed by atoms with van der Waals surface area (Å²) >= 11 is 0. The minimum absolute atomic E-state index is 0.0609. The van der Waals surface area contributed by atoms with Crippen molar-refractivity contribution in [3.8, 4) is 11.5 Å². The molecule has 0 aliphatic heterocycles. The number of carbonyl (C=O) groups excluding carboxylic acids is 1. The number of para-hydroxylation sites is 1. The summed E-state index contributed by atoms with van der Waals surface area (Å²) in [6.45, 7) is 1.82. The minimum Gasteiger partial charge on any atom is -0.496 e. The van der Waals surface area contributed by atoms with E-state index in [9.17, 15) is 9.18 Å². The summed E-state index contributed by atoms with van der Waals surface area (Å²) in [5.41, 5.74) is 0.886. The highest BCUT2D eigenvalue weighted by atomic mass is 19.1. The Labute approximate surface area is 110 Å². The van der Waals surface area contributed by atoms with Crippen LogP contribution in [-0.4, -0.2) is 13.1 Å². The molecule has 0 unspecified atom stereocenters. The van der Waals surface area contributed by atoms with E-state index in [1.807, 2.05) is 19.1 Å². The molecule has 19 heavy (non-hydrogen) atoms. The summed E-state index contributed by atoms with van der Waals surface area (Å²) in [5, 5.41) is 0. The molecule has 0 aliphatic rings. The lowest BCUT2D eigenvalue weighted by molar-refractivity contribution is 0.0729. The van der Waals surface area contributed by atoms with E-state index >= 15 is 0 Å². The molecule has 0 spiro atoms. The van der Waals surface area contributed by atoms with Gasteiger partial charge in [0.1, 0.15) is 22.9 Å². The molecule has 0 heterocycles. The van der Waals surface area contributed by atoms with Crippen LogP contribution in [0.25, 0.3) is 0 Å². The number of rotatable bonds is 3. The summed E-state index contributed by atoms with van der Waals surface area (Å²) < 4.78 is 23.5. The van der Waals surface area contributed by atoms with Gasteiger partial charge >= 0.3 is 5.97 Å². The summed E-state index contributed by atoms with van der Waals surface area (Å²) in [6.07, 6.45) is 0. The Morgan fingerprint density at radius 1 is 1.11 bits per heavy atom. The van der Waals surface area contributed by atoms with Crippen molar-refractivity contribution in [3.63, 3.8) is 0 Å². The van der Waals surface area contributed by atoms with Gasteiger partial charge in [-0.2, -0.15) is 0 Å². The van der Waals surface area contributed by atoms with Crippen LogP contribution in [0, 0.1) is 12.7 Å². The number of benzene rings is 2. The Balaban J connectivity index is 2.30. The molecule has 4 heteroatoms. The number of ether oxygens (including phenoxy) is 2. The number of halogens is 1. The Hall–Kier alpha value is -2.36. The van der Waals surface area contributed by atoms with E-state index in [1.165, 1.54) is 19.2 Å². The van der Waals surface area contributed by atoms with Crippen LogP contribution in [0.15, 0.2) is 42.5 Å². The molecule has 0 amide bonds. The molecule has 0 saturated heterocycles. The zero-order valence-corrected chi connectivity index (χ0v) is 10.6. The van der Waals surface area contributed by atoms with Crippen LogP contribution in [0.5, 0.6) is 11.5 Å². The number of aryl methyl sites for hydroxylation is 1. The number of hydrogen-bond donors (Lipinski definition) is 0. The van der Waals surface area contributed by atoms with Crippen molar-refractivity contribution >= 4 is 5.97 Å². The molecule has 0 saturated carbocycles. The molecular formula is C15H13FO3. The van der Waals surface area contributed by atoms with Crippen LogP contribution in [0.3, 0.4) is 0 Å². The lowest BCUT2D eigenvalue weighted by Gasteiger charge is -2.10. The van der Waals surface area contributed by atoms with E-state index in [2.05, 4.69) is 0 Å². The van der Waals surface area contributed by atoms with E-state index in [-0.39, 0.29) is 11.3 Å². The molecule has 98 valence electrons. The fourth-order valence-electron chi connectivity index (χ4n) is 1.67. The predicted molar refractivity (Wildman–Crippen MR) is 69.1 cm³/mol. The third kappa shape index (κ3) is 2.91. The molecule has 0 aliphatic carbocycles. The summed E-state index contributed by atoms with van der Waals surface area (Å²) in [4.78, 5) is 12.0. The van der Waals surface area contributed by atoms with Gasteiger partial charge in [-0.05, 0) is 36.8 Å². The molecule has 0 radical (unpaired) electrons. The smallest absolute Gasteiger partial charge is 0.347 e. The standard InChI is InChI=1S/C15H13FO3/c1-10-5-3-4-6-13(10)19-15(17)12-9-11(16)7-8-14(12)18-2/h3-9H,1-2H3. The predicted octanol–water partition coefficient (Wildman–Crippen LogP) is 3.36. The van der Waals surface area contributed by atoms with Crippen molar-refractivity contribution in [3.05, 3.63) is 59.4 Å². The van der Waals surface area contributed by atoms with Crippen molar-refractivity contribution in [1.82, 2.24) is 0 Å². The fraction of sp³-hybridized carbons (Fsp3) is 0.133. The molecule has 2 rings (SSSR count). The van der Waals surface area contributed by atoms with Gasteiger partial charge in [0.05, 0.1) is 7.11 Å². The summed E-state index contributed by atoms with van der Waals surface area (Å²) in [6, 6.07) is 10.8. The van der Waals surface area contributed by atoms with E-state index in [1.54, 1.807) is 12.1 Å². The van der Waals surface area contributed by atoms with Gasteiger partial charge in [-0.1, -0.05) is 18.2 Å². The first-order valence-corrected chi connectivity index (χ1v) is 5.73. The molecule has 0 bridgehead atoms. The molecule has 0 fully saturated rings. The van der Waals surface area contributed by atoms with Crippen molar-refractivity contribution < 1.29 is 18.7 Å². The second-order valence-corrected chi connectivity index (χ2v) is 4.00. The van der Waals surface area contributed by atoms with Gasteiger partial charge in [0, 0.05) is 0 Å². The Bertz CT molecular complexity index is 608. The molecule has 2 aromatic rings. The Kier molecular flexibility index (Phi) is 3.80. The highest BCUT2D eigenvalue weighted by Crippen LogP contribution is 2.23. The minimum atomic E-state index is -0.648. The van der Waals surface area contributed by atoms with Crippen molar-refractivity contribution in [2.45, 2.75) is 6.92 Å². The summed E-state index contributed by atoms with van der Waals surface area (Å²) in [5.74, 6) is -0.443. The first-order chi connectivity index (χ1) is 9.11. The number of hydrogen-bond acceptors (Lipinski definition) is 3. The molecule has 0 N–H and O–H groups in total. The monoisotopic (exact) mass is 260 g/mol. The van der Waals surface area contributed by atoms with Crippen LogP contribution in [0.1, 0.15) is 15.9 Å². The second-order valence-electron chi connectivity index (χ2n) is 4.00. The second kappa shape index (κ2) is 5.52. The number of methoxy groups -OCH3 is 1. The van der Waals surface area contributed by atoms with E-state index in [4.69, 9.17) is 9.47 Å². The normalized spacial score (nSPS) is 10.1. The topological polar surface area (TPSA) is 35.5 Å². The van der Waals surface area contributed by atoms with Crippen molar-refractivity contribution in [1.29, 1.82) is 0 Å². The molecule has 0 aromatic heterocycles. The van der Waals surface area contributed by atoms with Gasteiger partial charge in [-0.3, -0.25) is 0 Å². The lowest BCUT2D eigenvalue weighted by Crippen LogP contribution is -2.11. The number of carbonyl (C=O) groups is 1. The highest BCUT2D eigenvalue weighted by molar-refractivity contribution is 5.94. The summed E-state index contributed by atoms with van der Waals surface area (Å²) in [7, 11) is 1.41. The average molecular weight is 260 g/mol. The van der Waals surface area contributed by atoms with Crippen molar-refractivity contribution in [2.24, 2.45) is 0 Å².